The Morgan fingerprint density at radius 1 is 1.05 bits per heavy atom. The van der Waals surface area contributed by atoms with Gasteiger partial charge in [0.15, 0.2) is 0 Å². The zero-order valence-corrected chi connectivity index (χ0v) is 10.6. The van der Waals surface area contributed by atoms with Crippen LogP contribution in [-0.4, -0.2) is 22.3 Å². The first-order chi connectivity index (χ1) is 9.10. The summed E-state index contributed by atoms with van der Waals surface area (Å²) in [6, 6.07) is 12.4. The predicted molar refractivity (Wildman–Crippen MR) is 73.4 cm³/mol. The van der Waals surface area contributed by atoms with E-state index in [-0.39, 0.29) is 12.1 Å². The highest BCUT2D eigenvalue weighted by Gasteiger charge is 2.16. The highest BCUT2D eigenvalue weighted by Crippen LogP contribution is 2.22. The van der Waals surface area contributed by atoms with Crippen molar-refractivity contribution in [2.45, 2.75) is 13.5 Å². The number of aliphatic hydroxyl groups is 1. The molecule has 0 atom stereocenters. The van der Waals surface area contributed by atoms with E-state index < -0.39 is 7.12 Å². The normalized spacial score (nSPS) is 10.3. The minimum atomic E-state index is -1.60. The van der Waals surface area contributed by atoms with Crippen LogP contribution in [0.25, 0.3) is 0 Å². The zero-order chi connectivity index (χ0) is 13.8. The van der Waals surface area contributed by atoms with Crippen LogP contribution in [-0.2, 0) is 6.61 Å². The van der Waals surface area contributed by atoms with Crippen LogP contribution in [0.5, 0.6) is 11.5 Å². The van der Waals surface area contributed by atoms with Crippen molar-refractivity contribution in [3.8, 4) is 11.5 Å². The van der Waals surface area contributed by atoms with Crippen molar-refractivity contribution >= 4 is 12.6 Å². The first-order valence-electron chi connectivity index (χ1n) is 5.94. The number of rotatable bonds is 4. The number of hydrogen-bond donors (Lipinski definition) is 3. The van der Waals surface area contributed by atoms with Gasteiger partial charge >= 0.3 is 7.12 Å². The lowest BCUT2D eigenvalue weighted by molar-refractivity contribution is 0.281. The van der Waals surface area contributed by atoms with E-state index >= 15 is 0 Å². The average molecular weight is 258 g/mol. The summed E-state index contributed by atoms with van der Waals surface area (Å²) in [7, 11) is -1.60. The monoisotopic (exact) mass is 258 g/mol. The van der Waals surface area contributed by atoms with Crippen molar-refractivity contribution in [2.75, 3.05) is 0 Å². The van der Waals surface area contributed by atoms with E-state index in [4.69, 9.17) is 14.8 Å². The van der Waals surface area contributed by atoms with Gasteiger partial charge < -0.3 is 19.9 Å². The fraction of sp³-hybridized carbons (Fsp3) is 0.143. The molecule has 2 aromatic carbocycles. The molecule has 5 heteroatoms. The van der Waals surface area contributed by atoms with Gasteiger partial charge in [0.1, 0.15) is 11.5 Å². The molecule has 4 nitrogen and oxygen atoms in total. The fourth-order valence-corrected chi connectivity index (χ4v) is 1.85. The van der Waals surface area contributed by atoms with Gasteiger partial charge in [-0.1, -0.05) is 18.2 Å². The van der Waals surface area contributed by atoms with Gasteiger partial charge in [-0.25, -0.2) is 0 Å². The Balaban J connectivity index is 2.26. The van der Waals surface area contributed by atoms with Crippen molar-refractivity contribution in [3.63, 3.8) is 0 Å². The molecular weight excluding hydrogens is 243 g/mol. The third-order valence-electron chi connectivity index (χ3n) is 2.79. The smallest absolute Gasteiger partial charge is 0.457 e. The Morgan fingerprint density at radius 3 is 2.42 bits per heavy atom. The van der Waals surface area contributed by atoms with Gasteiger partial charge in [-0.05, 0) is 47.8 Å². The average Bonchev–Trinajstić information content (AvgIpc) is 2.38. The molecule has 0 aliphatic heterocycles. The quantitative estimate of drug-likeness (QED) is 0.714. The first-order valence-corrected chi connectivity index (χ1v) is 5.94. The molecule has 0 bridgehead atoms. The lowest BCUT2D eigenvalue weighted by atomic mass is 9.77. The van der Waals surface area contributed by atoms with Crippen LogP contribution in [0.3, 0.4) is 0 Å². The standard InChI is InChI=1S/C14H15BO4/c1-10-3-2-4-12(7-10)19-13-5-6-14(15(17)18)11(8-13)9-16/h2-8,16-18H,9H2,1H3. The molecule has 0 fully saturated rings. The zero-order valence-electron chi connectivity index (χ0n) is 10.6. The third-order valence-corrected chi connectivity index (χ3v) is 2.79. The second-order valence-electron chi connectivity index (χ2n) is 4.31. The second-order valence-corrected chi connectivity index (χ2v) is 4.31. The van der Waals surface area contributed by atoms with E-state index in [0.29, 0.717) is 17.1 Å². The maximum atomic E-state index is 9.22. The number of aryl methyl sites for hydroxylation is 1. The lowest BCUT2D eigenvalue weighted by Gasteiger charge is -2.11. The van der Waals surface area contributed by atoms with Crippen LogP contribution in [0.15, 0.2) is 42.5 Å². The van der Waals surface area contributed by atoms with Gasteiger partial charge in [0.2, 0.25) is 0 Å². The van der Waals surface area contributed by atoms with E-state index in [0.717, 1.165) is 5.56 Å². The van der Waals surface area contributed by atoms with Crippen molar-refractivity contribution < 1.29 is 19.9 Å². The molecule has 0 unspecified atom stereocenters. The maximum Gasteiger partial charge on any atom is 0.488 e. The third kappa shape index (κ3) is 3.35. The first kappa shape index (κ1) is 13.6. The van der Waals surface area contributed by atoms with Crippen molar-refractivity contribution in [3.05, 3.63) is 53.6 Å². The Morgan fingerprint density at radius 2 is 1.79 bits per heavy atom. The highest BCUT2D eigenvalue weighted by molar-refractivity contribution is 6.59. The molecule has 19 heavy (non-hydrogen) atoms. The van der Waals surface area contributed by atoms with Crippen LogP contribution in [0.1, 0.15) is 11.1 Å². The van der Waals surface area contributed by atoms with Crippen molar-refractivity contribution in [1.29, 1.82) is 0 Å². The Kier molecular flexibility index (Phi) is 4.22. The fourth-order valence-electron chi connectivity index (χ4n) is 1.85. The molecule has 0 aliphatic rings. The van der Waals surface area contributed by atoms with Crippen LogP contribution >= 0.6 is 0 Å². The maximum absolute atomic E-state index is 9.22. The topological polar surface area (TPSA) is 69.9 Å². The Hall–Kier alpha value is -1.82. The summed E-state index contributed by atoms with van der Waals surface area (Å²) in [6.45, 7) is 1.69. The van der Waals surface area contributed by atoms with E-state index in [1.54, 1.807) is 12.1 Å². The summed E-state index contributed by atoms with van der Waals surface area (Å²) in [5.41, 5.74) is 1.79. The van der Waals surface area contributed by atoms with Crippen LogP contribution in [0.2, 0.25) is 0 Å². The molecular formula is C14H15BO4. The lowest BCUT2D eigenvalue weighted by Crippen LogP contribution is -2.32. The summed E-state index contributed by atoms with van der Waals surface area (Å²) in [5.74, 6) is 1.24. The van der Waals surface area contributed by atoms with E-state index in [1.165, 1.54) is 6.07 Å². The molecule has 3 N–H and O–H groups in total. The molecule has 0 radical (unpaired) electrons. The predicted octanol–water partition coefficient (Wildman–Crippen LogP) is 0.959. The molecule has 0 spiro atoms. The van der Waals surface area contributed by atoms with Gasteiger partial charge in [0, 0.05) is 0 Å². The molecule has 0 saturated carbocycles. The summed E-state index contributed by atoms with van der Waals surface area (Å²) in [5, 5.41) is 27.5. The Bertz CT molecular complexity index is 569. The highest BCUT2D eigenvalue weighted by atomic mass is 16.5. The number of ether oxygens (including phenoxy) is 1. The van der Waals surface area contributed by atoms with Gasteiger partial charge in [0.25, 0.3) is 0 Å². The SMILES string of the molecule is Cc1cccc(Oc2ccc(B(O)O)c(CO)c2)c1. The van der Waals surface area contributed by atoms with Gasteiger partial charge in [-0.3, -0.25) is 0 Å². The largest absolute Gasteiger partial charge is 0.488 e. The molecule has 2 rings (SSSR count). The number of benzene rings is 2. The van der Waals surface area contributed by atoms with Crippen LogP contribution < -0.4 is 10.2 Å². The molecule has 0 heterocycles. The minimum absolute atomic E-state index is 0.277. The molecule has 0 saturated heterocycles. The minimum Gasteiger partial charge on any atom is -0.457 e. The number of aliphatic hydroxyl groups excluding tert-OH is 1. The summed E-state index contributed by atoms with van der Waals surface area (Å²) in [4.78, 5) is 0. The van der Waals surface area contributed by atoms with Crippen LogP contribution in [0, 0.1) is 6.92 Å². The van der Waals surface area contributed by atoms with E-state index in [9.17, 15) is 5.11 Å². The number of hydrogen-bond acceptors (Lipinski definition) is 4. The Labute approximate surface area is 112 Å². The summed E-state index contributed by atoms with van der Waals surface area (Å²) in [6.07, 6.45) is 0. The molecule has 0 aromatic heterocycles. The van der Waals surface area contributed by atoms with E-state index in [2.05, 4.69) is 0 Å². The summed E-state index contributed by atoms with van der Waals surface area (Å²) < 4.78 is 5.66. The van der Waals surface area contributed by atoms with Gasteiger partial charge in [-0.15, -0.1) is 0 Å². The molecule has 0 amide bonds. The van der Waals surface area contributed by atoms with Gasteiger partial charge in [-0.2, -0.15) is 0 Å². The van der Waals surface area contributed by atoms with Crippen molar-refractivity contribution in [2.24, 2.45) is 0 Å². The molecule has 98 valence electrons. The van der Waals surface area contributed by atoms with E-state index in [1.807, 2.05) is 31.2 Å². The summed E-state index contributed by atoms with van der Waals surface area (Å²) >= 11 is 0. The van der Waals surface area contributed by atoms with Crippen LogP contribution in [0.4, 0.5) is 0 Å². The van der Waals surface area contributed by atoms with Crippen molar-refractivity contribution in [1.82, 2.24) is 0 Å². The molecule has 2 aromatic rings. The molecule has 0 aliphatic carbocycles. The second kappa shape index (κ2) is 5.88. The van der Waals surface area contributed by atoms with Gasteiger partial charge in [0.05, 0.1) is 6.61 Å².